The first-order chi connectivity index (χ1) is 14.3. The van der Waals surface area contributed by atoms with Gasteiger partial charge in [0, 0.05) is 6.61 Å². The Hall–Kier alpha value is -0.720. The molecule has 0 heterocycles. The van der Waals surface area contributed by atoms with Crippen molar-refractivity contribution in [1.29, 1.82) is 0 Å². The van der Waals surface area contributed by atoms with Gasteiger partial charge in [-0.2, -0.15) is 0 Å². The summed E-state index contributed by atoms with van der Waals surface area (Å²) in [6.45, 7) is 10.4. The van der Waals surface area contributed by atoms with Crippen LogP contribution in [0.25, 0.3) is 0 Å². The molecule has 0 radical (unpaired) electrons. The van der Waals surface area contributed by atoms with Gasteiger partial charge in [0.2, 0.25) is 0 Å². The van der Waals surface area contributed by atoms with Crippen LogP contribution in [0.4, 0.5) is 0 Å². The minimum atomic E-state index is -1.44. The van der Waals surface area contributed by atoms with Crippen molar-refractivity contribution in [2.24, 2.45) is 17.3 Å². The first-order valence-electron chi connectivity index (χ1n) is 12.2. The lowest BCUT2D eigenvalue weighted by molar-refractivity contribution is -0.144. The van der Waals surface area contributed by atoms with Gasteiger partial charge in [-0.05, 0) is 96.3 Å². The van der Waals surface area contributed by atoms with E-state index in [0.717, 1.165) is 12.0 Å². The minimum Gasteiger partial charge on any atom is -0.390 e. The summed E-state index contributed by atoms with van der Waals surface area (Å²) in [6.07, 6.45) is 9.93. The highest BCUT2D eigenvalue weighted by molar-refractivity contribution is 5.27. The lowest BCUT2D eigenvalue weighted by Gasteiger charge is -2.44. The topological polar surface area (TPSA) is 90.2 Å². The molecule has 3 rings (SSSR count). The molecule has 6 unspecified atom stereocenters. The molecule has 0 aromatic carbocycles. The van der Waals surface area contributed by atoms with Gasteiger partial charge in [0.15, 0.2) is 0 Å². The van der Waals surface area contributed by atoms with Crippen LogP contribution in [0.5, 0.6) is 0 Å². The monoisotopic (exact) mass is 436 g/mol. The van der Waals surface area contributed by atoms with Crippen molar-refractivity contribution in [3.63, 3.8) is 0 Å². The zero-order chi connectivity index (χ0) is 23.0. The summed E-state index contributed by atoms with van der Waals surface area (Å²) in [5, 5.41) is 40.6. The lowest BCUT2D eigenvalue weighted by Crippen LogP contribution is -2.52. The molecule has 3 aliphatic rings. The minimum absolute atomic E-state index is 0.181. The number of rotatable bonds is 6. The van der Waals surface area contributed by atoms with Crippen molar-refractivity contribution >= 4 is 0 Å². The van der Waals surface area contributed by atoms with Crippen molar-refractivity contribution in [2.75, 3.05) is 6.61 Å². The Balaban J connectivity index is 1.68. The van der Waals surface area contributed by atoms with Crippen LogP contribution in [-0.4, -0.2) is 56.5 Å². The SMILES string of the molecule is CC(OCCC(C)(C)O)C1CCC2/C(=C/C=C3CC(O)C(C)(O)[C@H](O)C3)CCCC21C. The summed E-state index contributed by atoms with van der Waals surface area (Å²) in [7, 11) is 0. The smallest absolute Gasteiger partial charge is 0.114 e. The Morgan fingerprint density at radius 1 is 1.13 bits per heavy atom. The fourth-order valence-corrected chi connectivity index (χ4v) is 6.24. The Kier molecular flexibility index (Phi) is 7.44. The van der Waals surface area contributed by atoms with Crippen LogP contribution in [0.3, 0.4) is 0 Å². The highest BCUT2D eigenvalue weighted by Crippen LogP contribution is 2.58. The highest BCUT2D eigenvalue weighted by atomic mass is 16.5. The number of aliphatic hydroxyl groups is 4. The third-order valence-electron chi connectivity index (χ3n) is 8.49. The Bertz CT molecular complexity index is 672. The molecule has 31 heavy (non-hydrogen) atoms. The Morgan fingerprint density at radius 2 is 1.77 bits per heavy atom. The van der Waals surface area contributed by atoms with E-state index >= 15 is 0 Å². The number of hydrogen-bond acceptors (Lipinski definition) is 5. The average Bonchev–Trinajstić information content (AvgIpc) is 3.01. The van der Waals surface area contributed by atoms with Crippen molar-refractivity contribution in [2.45, 2.75) is 115 Å². The van der Waals surface area contributed by atoms with Gasteiger partial charge in [0.25, 0.3) is 0 Å². The molecule has 0 saturated heterocycles. The van der Waals surface area contributed by atoms with Crippen molar-refractivity contribution in [3.05, 3.63) is 23.3 Å². The molecule has 3 aliphatic carbocycles. The zero-order valence-electron chi connectivity index (χ0n) is 20.1. The summed E-state index contributed by atoms with van der Waals surface area (Å²) in [5.41, 5.74) is 0.585. The van der Waals surface area contributed by atoms with Crippen LogP contribution in [-0.2, 0) is 4.74 Å². The van der Waals surface area contributed by atoms with Crippen molar-refractivity contribution in [1.82, 2.24) is 0 Å². The van der Waals surface area contributed by atoms with E-state index in [0.29, 0.717) is 37.7 Å². The van der Waals surface area contributed by atoms with Gasteiger partial charge < -0.3 is 25.2 Å². The largest absolute Gasteiger partial charge is 0.390 e. The number of aliphatic hydroxyl groups excluding tert-OH is 2. The predicted octanol–water partition coefficient (Wildman–Crippen LogP) is 3.89. The van der Waals surface area contributed by atoms with Crippen LogP contribution in [0, 0.1) is 17.3 Å². The molecule has 0 aromatic heterocycles. The molecule has 0 spiro atoms. The zero-order valence-corrected chi connectivity index (χ0v) is 20.1. The van der Waals surface area contributed by atoms with E-state index in [4.69, 9.17) is 4.74 Å². The molecule has 5 heteroatoms. The van der Waals surface area contributed by atoms with Crippen LogP contribution in [0.15, 0.2) is 23.3 Å². The van der Waals surface area contributed by atoms with E-state index in [1.807, 2.05) is 13.8 Å². The molecule has 3 saturated carbocycles. The summed E-state index contributed by atoms with van der Waals surface area (Å²) >= 11 is 0. The van der Waals surface area contributed by atoms with Gasteiger partial charge in [0.05, 0.1) is 23.9 Å². The molecule has 7 atom stereocenters. The maximum atomic E-state index is 10.2. The van der Waals surface area contributed by atoms with Crippen LogP contribution in [0.2, 0.25) is 0 Å². The second kappa shape index (κ2) is 9.26. The molecular weight excluding hydrogens is 392 g/mol. The molecule has 3 fully saturated rings. The Morgan fingerprint density at radius 3 is 2.39 bits per heavy atom. The molecule has 4 N–H and O–H groups in total. The first kappa shape index (κ1) is 24.9. The summed E-state index contributed by atoms with van der Waals surface area (Å²) in [4.78, 5) is 0. The maximum absolute atomic E-state index is 10.2. The van der Waals surface area contributed by atoms with Gasteiger partial charge >= 0.3 is 0 Å². The third-order valence-corrected chi connectivity index (χ3v) is 8.49. The highest BCUT2D eigenvalue weighted by Gasteiger charge is 2.51. The Labute approximate surface area is 188 Å². The number of ether oxygens (including phenoxy) is 1. The number of hydrogen-bond donors (Lipinski definition) is 4. The fraction of sp³-hybridized carbons (Fsp3) is 0.846. The second-order valence-corrected chi connectivity index (χ2v) is 11.5. The fourth-order valence-electron chi connectivity index (χ4n) is 6.24. The van der Waals surface area contributed by atoms with E-state index in [-0.39, 0.29) is 11.5 Å². The molecule has 0 amide bonds. The molecular formula is C26H44O5. The second-order valence-electron chi connectivity index (χ2n) is 11.5. The van der Waals surface area contributed by atoms with E-state index in [1.54, 1.807) is 0 Å². The van der Waals surface area contributed by atoms with Gasteiger partial charge in [-0.3, -0.25) is 0 Å². The normalized spacial score (nSPS) is 42.7. The maximum Gasteiger partial charge on any atom is 0.114 e. The molecule has 178 valence electrons. The van der Waals surface area contributed by atoms with Crippen LogP contribution < -0.4 is 0 Å². The van der Waals surface area contributed by atoms with Crippen molar-refractivity contribution < 1.29 is 25.2 Å². The van der Waals surface area contributed by atoms with Crippen LogP contribution in [0.1, 0.15) is 86.0 Å². The third kappa shape index (κ3) is 5.44. The predicted molar refractivity (Wildman–Crippen MR) is 123 cm³/mol. The van der Waals surface area contributed by atoms with Gasteiger partial charge in [-0.15, -0.1) is 0 Å². The summed E-state index contributed by atoms with van der Waals surface area (Å²) < 4.78 is 6.18. The average molecular weight is 437 g/mol. The first-order valence-corrected chi connectivity index (χ1v) is 12.2. The van der Waals surface area contributed by atoms with E-state index in [9.17, 15) is 20.4 Å². The molecule has 0 aromatic rings. The number of fused-ring (bicyclic) bond motifs is 1. The van der Waals surface area contributed by atoms with Crippen molar-refractivity contribution in [3.8, 4) is 0 Å². The summed E-state index contributed by atoms with van der Waals surface area (Å²) in [5.74, 6) is 1.06. The molecule has 0 aliphatic heterocycles. The van der Waals surface area contributed by atoms with E-state index < -0.39 is 23.4 Å². The molecule has 0 bridgehead atoms. The number of allylic oxidation sites excluding steroid dienone is 3. The quantitative estimate of drug-likeness (QED) is 0.507. The van der Waals surface area contributed by atoms with Crippen LogP contribution >= 0.6 is 0 Å². The van der Waals surface area contributed by atoms with Gasteiger partial charge in [-0.25, -0.2) is 0 Å². The molecule has 5 nitrogen and oxygen atoms in total. The van der Waals surface area contributed by atoms with Gasteiger partial charge in [0.1, 0.15) is 5.60 Å². The van der Waals surface area contributed by atoms with E-state index in [2.05, 4.69) is 26.0 Å². The van der Waals surface area contributed by atoms with Gasteiger partial charge in [-0.1, -0.05) is 30.2 Å². The van der Waals surface area contributed by atoms with E-state index in [1.165, 1.54) is 38.2 Å². The lowest BCUT2D eigenvalue weighted by atomic mass is 9.62. The standard InChI is InChI=1S/C26H44O5/c1-17(31-14-13-24(2,3)29)20-10-11-21-19(7-6-12-25(20,21)4)9-8-18-15-22(27)26(5,30)23(28)16-18/h8-9,17,20-23,27-30H,6-7,10-16H2,1-5H3/b18-8?,19-9+/t17?,20?,21?,22-,23?,25?,26?/m1/s1. The summed E-state index contributed by atoms with van der Waals surface area (Å²) in [6, 6.07) is 0.